The number of carbonyl (C=O) groups excluding carboxylic acids is 1. The maximum absolute atomic E-state index is 15.2. The Bertz CT molecular complexity index is 1630. The van der Waals surface area contributed by atoms with Gasteiger partial charge in [0.1, 0.15) is 23.5 Å². The lowest BCUT2D eigenvalue weighted by Crippen LogP contribution is -2.62. The van der Waals surface area contributed by atoms with Crippen LogP contribution in [0.2, 0.25) is 0 Å². The van der Waals surface area contributed by atoms with Crippen LogP contribution < -0.4 is 20.7 Å². The Labute approximate surface area is 252 Å². The van der Waals surface area contributed by atoms with Gasteiger partial charge in [-0.2, -0.15) is 9.61 Å². The normalized spacial score (nSPS) is 21.8. The number of benzene rings is 1. The molecule has 0 aliphatic carbocycles. The highest BCUT2D eigenvalue weighted by atomic mass is 19.1. The summed E-state index contributed by atoms with van der Waals surface area (Å²) in [6, 6.07) is 6.88. The predicted molar refractivity (Wildman–Crippen MR) is 159 cm³/mol. The van der Waals surface area contributed by atoms with Crippen molar-refractivity contribution in [2.45, 2.75) is 31.5 Å². The molecule has 0 saturated carbocycles. The molecule has 3 aromatic heterocycles. The third-order valence-corrected chi connectivity index (χ3v) is 8.10. The van der Waals surface area contributed by atoms with Gasteiger partial charge in [-0.05, 0) is 24.1 Å². The summed E-state index contributed by atoms with van der Waals surface area (Å²) in [4.78, 5) is 24.6. The van der Waals surface area contributed by atoms with Crippen LogP contribution in [0.1, 0.15) is 13.3 Å². The van der Waals surface area contributed by atoms with Crippen LogP contribution in [0.15, 0.2) is 48.9 Å². The molecule has 6 rings (SSSR count). The third kappa shape index (κ3) is 5.69. The molecule has 1 aromatic carbocycles. The molecule has 1 unspecified atom stereocenters. The average molecular weight is 609 g/mol. The Morgan fingerprint density at radius 3 is 2.68 bits per heavy atom. The number of nitrogens with one attached hydrogen (secondary N) is 1. The van der Waals surface area contributed by atoms with Gasteiger partial charge >= 0.3 is 6.09 Å². The van der Waals surface area contributed by atoms with Crippen LogP contribution in [-0.4, -0.2) is 89.2 Å². The molecule has 2 aliphatic heterocycles. The molecule has 4 atom stereocenters. The lowest BCUT2D eigenvalue weighted by molar-refractivity contribution is 0.0906. The van der Waals surface area contributed by atoms with E-state index in [-0.39, 0.29) is 41.1 Å². The molecular weight excluding hydrogens is 574 g/mol. The number of amides is 1. The number of carbonyl (C=O) groups is 1. The maximum Gasteiger partial charge on any atom is 0.409 e. The molecule has 5 heterocycles. The lowest BCUT2D eigenvalue weighted by atomic mass is 9.89. The van der Waals surface area contributed by atoms with Gasteiger partial charge in [0, 0.05) is 50.9 Å². The molecule has 232 valence electrons. The Balaban J connectivity index is 1.26. The zero-order valence-corrected chi connectivity index (χ0v) is 24.6. The van der Waals surface area contributed by atoms with Crippen LogP contribution in [0.3, 0.4) is 0 Å². The highest BCUT2D eigenvalue weighted by molar-refractivity contribution is 5.74. The topological polar surface area (TPSA) is 132 Å². The first-order valence-electron chi connectivity index (χ1n) is 14.3. The Hall–Kier alpha value is -4.56. The molecule has 2 saturated heterocycles. The van der Waals surface area contributed by atoms with Gasteiger partial charge in [-0.25, -0.2) is 18.6 Å². The van der Waals surface area contributed by atoms with Crippen molar-refractivity contribution in [1.82, 2.24) is 24.5 Å². The van der Waals surface area contributed by atoms with E-state index in [9.17, 15) is 4.79 Å². The van der Waals surface area contributed by atoms with E-state index in [4.69, 9.17) is 19.9 Å². The Kier molecular flexibility index (Phi) is 8.19. The van der Waals surface area contributed by atoms with E-state index in [1.165, 1.54) is 11.6 Å². The van der Waals surface area contributed by atoms with Crippen LogP contribution in [-0.2, 0) is 9.47 Å². The van der Waals surface area contributed by atoms with Crippen molar-refractivity contribution in [3.63, 3.8) is 0 Å². The summed E-state index contributed by atoms with van der Waals surface area (Å²) >= 11 is 0. The van der Waals surface area contributed by atoms with Crippen LogP contribution in [0.5, 0.6) is 5.75 Å². The van der Waals surface area contributed by atoms with Gasteiger partial charge in [0.15, 0.2) is 0 Å². The first-order valence-corrected chi connectivity index (χ1v) is 14.3. The van der Waals surface area contributed by atoms with Crippen molar-refractivity contribution < 1.29 is 27.8 Å². The first kappa shape index (κ1) is 29.5. The van der Waals surface area contributed by atoms with Gasteiger partial charge in [0.2, 0.25) is 5.95 Å². The highest BCUT2D eigenvalue weighted by Crippen LogP contribution is 2.34. The first-order chi connectivity index (χ1) is 21.2. The fourth-order valence-corrected chi connectivity index (χ4v) is 6.09. The number of nitrogens with two attached hydrogens (primary N) is 1. The van der Waals surface area contributed by atoms with Crippen molar-refractivity contribution in [2.24, 2.45) is 11.7 Å². The maximum atomic E-state index is 15.2. The Morgan fingerprint density at radius 1 is 1.18 bits per heavy atom. The van der Waals surface area contributed by atoms with Gasteiger partial charge in [-0.1, -0.05) is 6.92 Å². The molecule has 0 radical (unpaired) electrons. The second-order valence-corrected chi connectivity index (χ2v) is 11.1. The molecule has 0 spiro atoms. The minimum Gasteiger partial charge on any atom is -0.488 e. The zero-order chi connectivity index (χ0) is 31.0. The average Bonchev–Trinajstić information content (AvgIpc) is 3.66. The largest absolute Gasteiger partial charge is 0.488 e. The molecule has 1 amide bonds. The van der Waals surface area contributed by atoms with Crippen molar-refractivity contribution >= 4 is 28.9 Å². The summed E-state index contributed by atoms with van der Waals surface area (Å²) < 4.78 is 47.8. The lowest BCUT2D eigenvalue weighted by Gasteiger charge is -2.45. The molecule has 0 bridgehead atoms. The fourth-order valence-electron chi connectivity index (χ4n) is 6.09. The molecule has 3 N–H and O–H groups in total. The second kappa shape index (κ2) is 12.2. The molecular formula is C30H34F2N8O4. The number of piperidine rings is 1. The van der Waals surface area contributed by atoms with Crippen LogP contribution in [0.25, 0.3) is 16.8 Å². The molecule has 2 fully saturated rings. The SMILES string of the molecule is COC(=O)N(C)[C@@H]1[C@H](N)CN(c2ccncc2Nc2ncc3ccc(-c4c(F)cc(OC5CCOC5)cc4F)nn23)C[C@@H]1C. The van der Waals surface area contributed by atoms with Gasteiger partial charge in [0.25, 0.3) is 0 Å². The Morgan fingerprint density at radius 2 is 1.98 bits per heavy atom. The van der Waals surface area contributed by atoms with Gasteiger partial charge in [0.05, 0.1) is 66.9 Å². The van der Waals surface area contributed by atoms with E-state index in [1.54, 1.807) is 42.7 Å². The molecule has 4 aromatic rings. The summed E-state index contributed by atoms with van der Waals surface area (Å²) in [6.45, 7) is 4.08. The van der Waals surface area contributed by atoms with Gasteiger partial charge in [-0.3, -0.25) is 4.98 Å². The van der Waals surface area contributed by atoms with Crippen molar-refractivity contribution in [2.75, 3.05) is 50.7 Å². The van der Waals surface area contributed by atoms with Gasteiger partial charge < -0.3 is 35.1 Å². The number of methoxy groups -OCH3 is 1. The number of ether oxygens (including phenoxy) is 3. The summed E-state index contributed by atoms with van der Waals surface area (Å²) in [5.41, 5.74) is 8.47. The minimum absolute atomic E-state index is 0.0356. The number of nitrogens with zero attached hydrogens (tertiary/aromatic N) is 6. The van der Waals surface area contributed by atoms with E-state index in [0.29, 0.717) is 49.9 Å². The fraction of sp³-hybridized carbons (Fsp3) is 0.400. The van der Waals surface area contributed by atoms with E-state index < -0.39 is 17.7 Å². The van der Waals surface area contributed by atoms with Crippen molar-refractivity contribution in [3.8, 4) is 17.0 Å². The third-order valence-electron chi connectivity index (χ3n) is 8.10. The zero-order valence-electron chi connectivity index (χ0n) is 24.6. The highest BCUT2D eigenvalue weighted by Gasteiger charge is 2.38. The number of likely N-dealkylation sites (N-methyl/N-ethyl adjacent to an activating group) is 1. The summed E-state index contributed by atoms with van der Waals surface area (Å²) in [6.07, 6.45) is 4.94. The number of anilines is 3. The predicted octanol–water partition coefficient (Wildman–Crippen LogP) is 3.83. The number of hydrogen-bond donors (Lipinski definition) is 2. The van der Waals surface area contributed by atoms with E-state index in [2.05, 4.69) is 25.3 Å². The second-order valence-electron chi connectivity index (χ2n) is 11.1. The number of rotatable bonds is 7. The number of imidazole rings is 1. The number of hydrogen-bond acceptors (Lipinski definition) is 10. The van der Waals surface area contributed by atoms with Crippen LogP contribution >= 0.6 is 0 Å². The molecule has 2 aliphatic rings. The number of halogens is 2. The van der Waals surface area contributed by atoms with E-state index >= 15 is 8.78 Å². The van der Waals surface area contributed by atoms with E-state index in [1.807, 2.05) is 13.0 Å². The van der Waals surface area contributed by atoms with E-state index in [0.717, 1.165) is 17.8 Å². The summed E-state index contributed by atoms with van der Waals surface area (Å²) in [7, 11) is 3.04. The van der Waals surface area contributed by atoms with Crippen molar-refractivity contribution in [3.05, 3.63) is 60.6 Å². The number of fused-ring (bicyclic) bond motifs is 1. The summed E-state index contributed by atoms with van der Waals surface area (Å²) in [5.74, 6) is -1.11. The summed E-state index contributed by atoms with van der Waals surface area (Å²) in [5, 5.41) is 7.81. The van der Waals surface area contributed by atoms with Gasteiger partial charge in [-0.15, -0.1) is 0 Å². The van der Waals surface area contributed by atoms with Crippen LogP contribution in [0.4, 0.5) is 30.9 Å². The van der Waals surface area contributed by atoms with Crippen LogP contribution in [0, 0.1) is 17.6 Å². The monoisotopic (exact) mass is 608 g/mol. The smallest absolute Gasteiger partial charge is 0.409 e. The quantitative estimate of drug-likeness (QED) is 0.319. The number of pyridine rings is 1. The molecule has 14 heteroatoms. The number of aromatic nitrogens is 4. The molecule has 44 heavy (non-hydrogen) atoms. The standard InChI is InChI=1S/C30H34F2N8O4/c1-17-14-39(15-23(33)28(17)38(2)30(41)42-3)26-6-8-34-13-25(26)36-29-35-12-18-4-5-24(37-40(18)29)27-21(31)10-20(11-22(27)32)44-19-7-9-43-16-19/h4-6,8,10-13,17,19,23,28H,7,9,14-16,33H2,1-3H3,(H,35,36)/t17-,19?,23+,28-/m0/s1. The minimum atomic E-state index is -0.790. The van der Waals surface area contributed by atoms with Crippen molar-refractivity contribution in [1.29, 1.82) is 0 Å². The molecule has 12 nitrogen and oxygen atoms in total.